The lowest BCUT2D eigenvalue weighted by atomic mass is 9.96. The predicted octanol–water partition coefficient (Wildman–Crippen LogP) is 3.00. The molecule has 1 aromatic rings. The van der Waals surface area contributed by atoms with E-state index in [4.69, 9.17) is 4.74 Å². The highest BCUT2D eigenvalue weighted by Crippen LogP contribution is 2.34. The summed E-state index contributed by atoms with van der Waals surface area (Å²) in [5, 5.41) is 8.43. The molecule has 9 heteroatoms. The van der Waals surface area contributed by atoms with Gasteiger partial charge in [0, 0.05) is 19.7 Å². The van der Waals surface area contributed by atoms with Gasteiger partial charge in [0.05, 0.1) is 17.5 Å². The molecule has 2 heterocycles. The summed E-state index contributed by atoms with van der Waals surface area (Å²) in [5.74, 6) is 0. The fourth-order valence-electron chi connectivity index (χ4n) is 2.58. The Morgan fingerprint density at radius 2 is 2.22 bits per heavy atom. The first-order valence-corrected chi connectivity index (χ1v) is 7.57. The number of halogens is 3. The second-order valence-electron chi connectivity index (χ2n) is 5.78. The molecule has 0 aromatic carbocycles. The van der Waals surface area contributed by atoms with Crippen molar-refractivity contribution in [3.05, 3.63) is 11.9 Å². The van der Waals surface area contributed by atoms with Gasteiger partial charge in [0.2, 0.25) is 0 Å². The number of aromatic nitrogens is 2. The van der Waals surface area contributed by atoms with Gasteiger partial charge in [-0.1, -0.05) is 0 Å². The van der Waals surface area contributed by atoms with Crippen LogP contribution in [0.25, 0.3) is 0 Å². The van der Waals surface area contributed by atoms with Gasteiger partial charge in [0.1, 0.15) is 0 Å². The molecule has 1 atom stereocenters. The van der Waals surface area contributed by atoms with Crippen LogP contribution in [-0.2, 0) is 17.5 Å². The number of nitrogens with zero attached hydrogens (tertiary/aromatic N) is 2. The van der Waals surface area contributed by atoms with Crippen molar-refractivity contribution < 1.29 is 22.7 Å². The first kappa shape index (κ1) is 17.6. The van der Waals surface area contributed by atoms with Crippen LogP contribution in [0.1, 0.15) is 38.8 Å². The quantitative estimate of drug-likeness (QED) is 0.889. The summed E-state index contributed by atoms with van der Waals surface area (Å²) < 4.78 is 45.6. The second-order valence-corrected chi connectivity index (χ2v) is 5.78. The molecule has 6 nitrogen and oxygen atoms in total. The minimum atomic E-state index is -4.59. The molecular weight excluding hydrogens is 313 g/mol. The van der Waals surface area contributed by atoms with Gasteiger partial charge >= 0.3 is 12.2 Å². The van der Waals surface area contributed by atoms with E-state index in [9.17, 15) is 18.0 Å². The first-order valence-electron chi connectivity index (χ1n) is 7.57. The molecule has 130 valence electrons. The third kappa shape index (κ3) is 4.37. The minimum absolute atomic E-state index is 0.0596. The lowest BCUT2D eigenvalue weighted by molar-refractivity contribution is -0.143. The van der Waals surface area contributed by atoms with Crippen molar-refractivity contribution in [2.45, 2.75) is 51.4 Å². The molecule has 23 heavy (non-hydrogen) atoms. The van der Waals surface area contributed by atoms with Crippen LogP contribution < -0.4 is 10.6 Å². The van der Waals surface area contributed by atoms with Gasteiger partial charge in [-0.2, -0.15) is 18.3 Å². The van der Waals surface area contributed by atoms with E-state index in [1.165, 1.54) is 0 Å². The number of nitrogens with one attached hydrogen (secondary N) is 2. The molecule has 1 saturated heterocycles. The Bertz CT molecular complexity index is 551. The summed E-state index contributed by atoms with van der Waals surface area (Å²) >= 11 is 0. The summed E-state index contributed by atoms with van der Waals surface area (Å²) in [6.07, 6.45) is -0.804. The molecule has 0 unspecified atom stereocenters. The van der Waals surface area contributed by atoms with E-state index >= 15 is 0 Å². The van der Waals surface area contributed by atoms with Gasteiger partial charge in [0.15, 0.2) is 5.69 Å². The summed E-state index contributed by atoms with van der Waals surface area (Å²) in [5.41, 5.74) is -1.79. The molecule has 2 amide bonds. The van der Waals surface area contributed by atoms with Gasteiger partial charge in [-0.3, -0.25) is 4.68 Å². The Morgan fingerprint density at radius 1 is 1.48 bits per heavy atom. The van der Waals surface area contributed by atoms with Gasteiger partial charge < -0.3 is 15.4 Å². The number of carbonyl (C=O) groups is 1. The number of alkyl halides is 3. The summed E-state index contributed by atoms with van der Waals surface area (Å²) in [6, 6.07) is -0.707. The average molecular weight is 334 g/mol. The van der Waals surface area contributed by atoms with Crippen molar-refractivity contribution in [3.63, 3.8) is 0 Å². The smallest absolute Gasteiger partial charge is 0.373 e. The second kappa shape index (κ2) is 6.77. The molecule has 1 aliphatic rings. The number of rotatable bonds is 4. The molecule has 0 bridgehead atoms. The van der Waals surface area contributed by atoms with Crippen molar-refractivity contribution >= 4 is 11.7 Å². The molecule has 1 aromatic heterocycles. The van der Waals surface area contributed by atoms with Crippen LogP contribution in [0.5, 0.6) is 0 Å². The fraction of sp³-hybridized carbons (Fsp3) is 0.714. The Morgan fingerprint density at radius 3 is 2.78 bits per heavy atom. The van der Waals surface area contributed by atoms with Crippen LogP contribution in [0.4, 0.5) is 23.7 Å². The Hall–Kier alpha value is -1.77. The number of hydrogen-bond acceptors (Lipinski definition) is 3. The maximum atomic E-state index is 13.1. The first-order chi connectivity index (χ1) is 10.7. The molecule has 1 fully saturated rings. The van der Waals surface area contributed by atoms with E-state index < -0.39 is 23.5 Å². The van der Waals surface area contributed by atoms with Crippen molar-refractivity contribution in [1.29, 1.82) is 0 Å². The Kier molecular flexibility index (Phi) is 5.18. The monoisotopic (exact) mass is 334 g/mol. The summed E-state index contributed by atoms with van der Waals surface area (Å²) in [7, 11) is 0. The van der Waals surface area contributed by atoms with Crippen LogP contribution in [0, 0.1) is 0 Å². The fourth-order valence-corrected chi connectivity index (χ4v) is 2.58. The molecule has 0 spiro atoms. The van der Waals surface area contributed by atoms with Crippen molar-refractivity contribution in [2.24, 2.45) is 0 Å². The zero-order valence-electron chi connectivity index (χ0n) is 13.2. The molecular formula is C14H21F3N4O2. The molecule has 2 N–H and O–H groups in total. The van der Waals surface area contributed by atoms with Crippen LogP contribution in [0.15, 0.2) is 6.20 Å². The summed E-state index contributed by atoms with van der Waals surface area (Å²) in [6.45, 7) is 4.35. The SMILES string of the molecule is CCn1ncc(NC(=O)NC[C@@]2(C)CCCCO2)c1C(F)(F)F. The number of carbonyl (C=O) groups excluding carboxylic acids is 1. The maximum absolute atomic E-state index is 13.1. The highest BCUT2D eigenvalue weighted by atomic mass is 19.4. The predicted molar refractivity (Wildman–Crippen MR) is 78.1 cm³/mol. The van der Waals surface area contributed by atoms with Crippen LogP contribution in [-0.4, -0.2) is 34.6 Å². The Labute approximate surface area is 132 Å². The van der Waals surface area contributed by atoms with Gasteiger partial charge in [-0.15, -0.1) is 0 Å². The van der Waals surface area contributed by atoms with E-state index in [-0.39, 0.29) is 18.8 Å². The van der Waals surface area contributed by atoms with E-state index in [2.05, 4.69) is 15.7 Å². The topological polar surface area (TPSA) is 68.2 Å². The third-order valence-corrected chi connectivity index (χ3v) is 3.83. The van der Waals surface area contributed by atoms with Gasteiger partial charge in [-0.25, -0.2) is 4.79 Å². The summed E-state index contributed by atoms with van der Waals surface area (Å²) in [4.78, 5) is 11.9. The molecule has 0 radical (unpaired) electrons. The molecule has 2 rings (SSSR count). The van der Waals surface area contributed by atoms with E-state index in [1.54, 1.807) is 6.92 Å². The standard InChI is InChI=1S/C14H21F3N4O2/c1-3-21-11(14(15,16)17)10(8-19-21)20-12(22)18-9-13(2)6-4-5-7-23-13/h8H,3-7,9H2,1-2H3,(H2,18,20,22)/t13-/m1/s1. The Balaban J connectivity index is 1.99. The average Bonchev–Trinajstić information content (AvgIpc) is 2.89. The lowest BCUT2D eigenvalue weighted by Gasteiger charge is -2.33. The number of amides is 2. The highest BCUT2D eigenvalue weighted by molar-refractivity contribution is 5.89. The lowest BCUT2D eigenvalue weighted by Crippen LogP contribution is -2.46. The van der Waals surface area contributed by atoms with E-state index in [0.717, 1.165) is 30.1 Å². The van der Waals surface area contributed by atoms with Crippen molar-refractivity contribution in [3.8, 4) is 0 Å². The molecule has 0 saturated carbocycles. The maximum Gasteiger partial charge on any atom is 0.435 e. The highest BCUT2D eigenvalue weighted by Gasteiger charge is 2.38. The molecule has 0 aliphatic carbocycles. The number of urea groups is 1. The van der Waals surface area contributed by atoms with Crippen molar-refractivity contribution in [1.82, 2.24) is 15.1 Å². The normalized spacial score (nSPS) is 22.0. The van der Waals surface area contributed by atoms with Gasteiger partial charge in [0.25, 0.3) is 0 Å². The third-order valence-electron chi connectivity index (χ3n) is 3.83. The van der Waals surface area contributed by atoms with Crippen molar-refractivity contribution in [2.75, 3.05) is 18.5 Å². The van der Waals surface area contributed by atoms with Crippen LogP contribution >= 0.6 is 0 Å². The van der Waals surface area contributed by atoms with E-state index in [1.807, 2.05) is 6.92 Å². The zero-order chi connectivity index (χ0) is 17.1. The number of aryl methyl sites for hydroxylation is 1. The van der Waals surface area contributed by atoms with E-state index in [0.29, 0.717) is 6.61 Å². The van der Waals surface area contributed by atoms with Crippen LogP contribution in [0.2, 0.25) is 0 Å². The largest absolute Gasteiger partial charge is 0.435 e. The number of anilines is 1. The number of ether oxygens (including phenoxy) is 1. The number of hydrogen-bond donors (Lipinski definition) is 2. The van der Waals surface area contributed by atoms with Crippen LogP contribution in [0.3, 0.4) is 0 Å². The minimum Gasteiger partial charge on any atom is -0.373 e. The zero-order valence-corrected chi connectivity index (χ0v) is 13.2. The molecule has 1 aliphatic heterocycles. The van der Waals surface area contributed by atoms with Gasteiger partial charge in [-0.05, 0) is 33.1 Å².